The van der Waals surface area contributed by atoms with Gasteiger partial charge >= 0.3 is 0 Å². The molecule has 1 unspecified atom stereocenters. The van der Waals surface area contributed by atoms with E-state index in [2.05, 4.69) is 14.0 Å². The molecule has 0 aliphatic carbocycles. The Hall–Kier alpha value is -0.0800. The van der Waals surface area contributed by atoms with Gasteiger partial charge in [-0.15, -0.1) is 0 Å². The molecule has 2 nitrogen and oxygen atoms in total. The number of aliphatic hydroxyl groups excluding tert-OH is 1. The van der Waals surface area contributed by atoms with E-state index in [4.69, 9.17) is 5.11 Å². The zero-order valence-electron chi connectivity index (χ0n) is 15.0. The minimum absolute atomic E-state index is 0.324. The predicted molar refractivity (Wildman–Crippen MR) is 94.0 cm³/mol. The maximum atomic E-state index is 8.83. The molecule has 0 rings (SSSR count). The van der Waals surface area contributed by atoms with Crippen molar-refractivity contribution in [1.29, 1.82) is 0 Å². The van der Waals surface area contributed by atoms with E-state index in [9.17, 15) is 0 Å². The lowest BCUT2D eigenvalue weighted by atomic mass is 10.0. The largest absolute Gasteiger partial charge is 0.391 e. The first-order chi connectivity index (χ1) is 10.3. The Labute approximate surface area is 134 Å². The van der Waals surface area contributed by atoms with Crippen molar-refractivity contribution in [2.75, 3.05) is 26.7 Å². The highest BCUT2D eigenvalue weighted by molar-refractivity contribution is 4.49. The Morgan fingerprint density at radius 2 is 0.952 bits per heavy atom. The van der Waals surface area contributed by atoms with Gasteiger partial charge in [-0.3, -0.25) is 0 Å². The van der Waals surface area contributed by atoms with Gasteiger partial charge in [0.15, 0.2) is 0 Å². The molecule has 0 amide bonds. The fourth-order valence-electron chi connectivity index (χ4n) is 2.94. The van der Waals surface area contributed by atoms with Gasteiger partial charge in [0, 0.05) is 0 Å². The molecule has 0 saturated heterocycles. The van der Waals surface area contributed by atoms with E-state index >= 15 is 0 Å². The first kappa shape index (κ1) is 20.9. The van der Waals surface area contributed by atoms with E-state index in [0.717, 1.165) is 6.54 Å². The highest BCUT2D eigenvalue weighted by Crippen LogP contribution is 2.12. The fourth-order valence-corrected chi connectivity index (χ4v) is 2.94. The van der Waals surface area contributed by atoms with Gasteiger partial charge in [0.05, 0.1) is 20.2 Å². The Morgan fingerprint density at radius 1 is 0.571 bits per heavy atom. The highest BCUT2D eigenvalue weighted by Gasteiger charge is 1.99. The molecular weight excluding hydrogens is 258 g/mol. The Balaban J connectivity index is 2.99. The summed E-state index contributed by atoms with van der Waals surface area (Å²) in [4.78, 5) is 1.47. The number of nitrogens with one attached hydrogen (secondary N) is 1. The second-order valence-corrected chi connectivity index (χ2v) is 6.78. The molecule has 0 aromatic rings. The van der Waals surface area contributed by atoms with Gasteiger partial charge < -0.3 is 10.0 Å². The smallest absolute Gasteiger partial charge is 0.100 e. The third-order valence-electron chi connectivity index (χ3n) is 4.50. The summed E-state index contributed by atoms with van der Waals surface area (Å²) in [5.41, 5.74) is 0. The zero-order valence-corrected chi connectivity index (χ0v) is 15.0. The monoisotopic (exact) mass is 300 g/mol. The van der Waals surface area contributed by atoms with Crippen molar-refractivity contribution in [3.05, 3.63) is 0 Å². The fraction of sp³-hybridized carbons (Fsp3) is 1.00. The van der Waals surface area contributed by atoms with E-state index in [1.54, 1.807) is 0 Å². The van der Waals surface area contributed by atoms with Gasteiger partial charge in [0.25, 0.3) is 0 Å². The third-order valence-corrected chi connectivity index (χ3v) is 4.50. The first-order valence-corrected chi connectivity index (χ1v) is 9.73. The van der Waals surface area contributed by atoms with E-state index in [0.29, 0.717) is 6.61 Å². The van der Waals surface area contributed by atoms with Gasteiger partial charge in [-0.05, 0) is 12.8 Å². The molecule has 2 N–H and O–H groups in total. The quantitative estimate of drug-likeness (QED) is 0.390. The predicted octanol–water partition coefficient (Wildman–Crippen LogP) is 3.97. The van der Waals surface area contributed by atoms with Crippen molar-refractivity contribution in [2.24, 2.45) is 0 Å². The normalized spacial score (nSPS) is 12.7. The second kappa shape index (κ2) is 18.0. The molecule has 21 heavy (non-hydrogen) atoms. The summed E-state index contributed by atoms with van der Waals surface area (Å²) in [6.45, 7) is 4.73. The molecule has 0 spiro atoms. The van der Waals surface area contributed by atoms with Crippen LogP contribution < -0.4 is 4.90 Å². The van der Waals surface area contributed by atoms with Gasteiger partial charge in [0.2, 0.25) is 0 Å². The summed E-state index contributed by atoms with van der Waals surface area (Å²) in [7, 11) is 2.18. The molecule has 0 bridgehead atoms. The summed E-state index contributed by atoms with van der Waals surface area (Å²) in [5.74, 6) is 0. The molecule has 0 fully saturated rings. The van der Waals surface area contributed by atoms with Crippen LogP contribution in [0.15, 0.2) is 0 Å². The first-order valence-electron chi connectivity index (χ1n) is 9.73. The van der Waals surface area contributed by atoms with Crippen LogP contribution in [0.4, 0.5) is 0 Å². The summed E-state index contributed by atoms with van der Waals surface area (Å²) in [5, 5.41) is 8.83. The van der Waals surface area contributed by atoms with Gasteiger partial charge in [-0.1, -0.05) is 84.0 Å². The highest BCUT2D eigenvalue weighted by atomic mass is 16.3. The second-order valence-electron chi connectivity index (χ2n) is 6.78. The lowest BCUT2D eigenvalue weighted by Crippen LogP contribution is -3.09. The van der Waals surface area contributed by atoms with Crippen LogP contribution in [0.5, 0.6) is 0 Å². The van der Waals surface area contributed by atoms with Crippen LogP contribution >= 0.6 is 0 Å². The summed E-state index contributed by atoms with van der Waals surface area (Å²) < 4.78 is 0. The number of rotatable bonds is 17. The molecule has 0 heterocycles. The summed E-state index contributed by atoms with van der Waals surface area (Å²) >= 11 is 0. The topological polar surface area (TPSA) is 24.7 Å². The Bertz CT molecular complexity index is 184. The van der Waals surface area contributed by atoms with E-state index in [-0.39, 0.29) is 0 Å². The number of likely N-dealkylation sites (N-methyl/N-ethyl adjacent to an activating group) is 1. The average molecular weight is 301 g/mol. The van der Waals surface area contributed by atoms with Gasteiger partial charge in [0.1, 0.15) is 6.54 Å². The van der Waals surface area contributed by atoms with Crippen LogP contribution in [0.3, 0.4) is 0 Å². The van der Waals surface area contributed by atoms with Gasteiger partial charge in [-0.25, -0.2) is 0 Å². The van der Waals surface area contributed by atoms with Crippen LogP contribution in [0.25, 0.3) is 0 Å². The minimum Gasteiger partial charge on any atom is -0.391 e. The maximum Gasteiger partial charge on any atom is 0.100 e. The molecule has 0 aromatic carbocycles. The number of hydrogen-bond acceptors (Lipinski definition) is 1. The van der Waals surface area contributed by atoms with Crippen LogP contribution in [-0.2, 0) is 0 Å². The zero-order chi connectivity index (χ0) is 15.6. The molecule has 1 atom stereocenters. The maximum absolute atomic E-state index is 8.83. The van der Waals surface area contributed by atoms with Crippen LogP contribution in [-0.4, -0.2) is 31.9 Å². The van der Waals surface area contributed by atoms with Crippen LogP contribution in [0.1, 0.15) is 96.8 Å². The van der Waals surface area contributed by atoms with Crippen molar-refractivity contribution in [3.63, 3.8) is 0 Å². The van der Waals surface area contributed by atoms with E-state index < -0.39 is 0 Å². The molecule has 0 saturated carbocycles. The molecule has 128 valence electrons. The van der Waals surface area contributed by atoms with Crippen molar-refractivity contribution < 1.29 is 10.0 Å². The van der Waals surface area contributed by atoms with Crippen LogP contribution in [0, 0.1) is 0 Å². The Morgan fingerprint density at radius 3 is 1.33 bits per heavy atom. The van der Waals surface area contributed by atoms with Crippen molar-refractivity contribution in [3.8, 4) is 0 Å². The molecule has 0 aromatic heterocycles. The molecular formula is C19H42NO+. The number of hydrogen-bond donors (Lipinski definition) is 2. The van der Waals surface area contributed by atoms with Crippen molar-refractivity contribution in [2.45, 2.75) is 96.8 Å². The SMILES string of the molecule is CCCCCCCCCCCCCCCC[NH+](C)CCO. The average Bonchev–Trinajstić information content (AvgIpc) is 2.48. The van der Waals surface area contributed by atoms with E-state index in [1.165, 1.54) is 101 Å². The van der Waals surface area contributed by atoms with Crippen molar-refractivity contribution >= 4 is 0 Å². The molecule has 0 aliphatic heterocycles. The third kappa shape index (κ3) is 17.9. The number of unbranched alkanes of at least 4 members (excludes halogenated alkanes) is 13. The lowest BCUT2D eigenvalue weighted by Gasteiger charge is -2.11. The molecule has 2 heteroatoms. The Kier molecular flexibility index (Phi) is 17.9. The summed E-state index contributed by atoms with van der Waals surface area (Å²) in [6, 6.07) is 0. The van der Waals surface area contributed by atoms with E-state index in [1.807, 2.05) is 0 Å². The minimum atomic E-state index is 0.324. The lowest BCUT2D eigenvalue weighted by molar-refractivity contribution is -0.880. The number of quaternary nitrogens is 1. The molecule has 0 radical (unpaired) electrons. The number of aliphatic hydroxyl groups is 1. The molecule has 0 aliphatic rings. The van der Waals surface area contributed by atoms with Crippen molar-refractivity contribution in [1.82, 2.24) is 0 Å². The summed E-state index contributed by atoms with van der Waals surface area (Å²) in [6.07, 6.45) is 20.0. The van der Waals surface area contributed by atoms with Gasteiger partial charge in [-0.2, -0.15) is 0 Å². The van der Waals surface area contributed by atoms with Crippen LogP contribution in [0.2, 0.25) is 0 Å². The standard InChI is InChI=1S/C19H41NO/c1-3-4-5-6-7-8-9-10-11-12-13-14-15-16-17-20(2)18-19-21/h21H,3-19H2,1-2H3/p+1.